The molecule has 4 rings (SSSR count). The van der Waals surface area contributed by atoms with E-state index in [-0.39, 0.29) is 6.04 Å². The quantitative estimate of drug-likeness (QED) is 0.668. The maximum absolute atomic E-state index is 11.5. The number of methoxy groups -OCH3 is 1. The van der Waals surface area contributed by atoms with Crippen molar-refractivity contribution in [3.63, 3.8) is 0 Å². The fourth-order valence-electron chi connectivity index (χ4n) is 3.15. The van der Waals surface area contributed by atoms with Gasteiger partial charge in [0.25, 0.3) is 0 Å². The lowest BCUT2D eigenvalue weighted by molar-refractivity contribution is 0.384. The monoisotopic (exact) mass is 368 g/mol. The highest BCUT2D eigenvalue weighted by atomic mass is 32.2. The molecule has 26 heavy (non-hydrogen) atoms. The van der Waals surface area contributed by atoms with Crippen molar-refractivity contribution >= 4 is 22.2 Å². The molecule has 1 N–H and O–H groups in total. The van der Waals surface area contributed by atoms with E-state index >= 15 is 0 Å². The van der Waals surface area contributed by atoms with Gasteiger partial charge in [0.1, 0.15) is 5.75 Å². The Bertz CT molecular complexity index is 955. The number of fused-ring (bicyclic) bond motifs is 1. The standard InChI is InChI=1S/C20H20N2O3S/c1-25-17-8-9-19-18(10-11-21-20(19)12-17)15-4-2-14(3-5-15)13-22(26(23)24)16-6-7-16/h2-5,8-12,16H,6-7,13H2,1H3,(H,23,24). The van der Waals surface area contributed by atoms with E-state index in [1.807, 2.05) is 36.4 Å². The maximum atomic E-state index is 11.5. The van der Waals surface area contributed by atoms with Gasteiger partial charge in [0.15, 0.2) is 0 Å². The van der Waals surface area contributed by atoms with Crippen LogP contribution in [0.1, 0.15) is 18.4 Å². The molecule has 1 atom stereocenters. The van der Waals surface area contributed by atoms with Crippen molar-refractivity contribution in [2.45, 2.75) is 25.4 Å². The summed E-state index contributed by atoms with van der Waals surface area (Å²) in [6.45, 7) is 0.488. The molecule has 5 nitrogen and oxygen atoms in total. The van der Waals surface area contributed by atoms with Crippen molar-refractivity contribution < 1.29 is 13.5 Å². The second kappa shape index (κ2) is 7.15. The Morgan fingerprint density at radius 1 is 1.19 bits per heavy atom. The van der Waals surface area contributed by atoms with Gasteiger partial charge in [-0.1, -0.05) is 24.3 Å². The first kappa shape index (κ1) is 17.1. The lowest BCUT2D eigenvalue weighted by Crippen LogP contribution is -2.27. The molecule has 1 aliphatic carbocycles. The lowest BCUT2D eigenvalue weighted by atomic mass is 10.00. The van der Waals surface area contributed by atoms with Gasteiger partial charge in [-0.05, 0) is 47.7 Å². The SMILES string of the molecule is COc1ccc2c(-c3ccc(CN(C4CC4)S(=O)O)cc3)ccnc2c1. The number of pyridine rings is 1. The maximum Gasteiger partial charge on any atom is 0.235 e. The van der Waals surface area contributed by atoms with Crippen molar-refractivity contribution in [3.05, 3.63) is 60.3 Å². The molecule has 6 heteroatoms. The summed E-state index contributed by atoms with van der Waals surface area (Å²) in [4.78, 5) is 4.43. The second-order valence-corrected chi connectivity index (χ2v) is 7.41. The van der Waals surface area contributed by atoms with Gasteiger partial charge in [0.05, 0.1) is 12.6 Å². The summed E-state index contributed by atoms with van der Waals surface area (Å²) < 4.78 is 27.9. The average molecular weight is 368 g/mol. The summed E-state index contributed by atoms with van der Waals surface area (Å²) in [5.74, 6) is 0.787. The number of nitrogens with zero attached hydrogens (tertiary/aromatic N) is 2. The van der Waals surface area contributed by atoms with Gasteiger partial charge >= 0.3 is 0 Å². The summed E-state index contributed by atoms with van der Waals surface area (Å²) >= 11 is -1.92. The minimum Gasteiger partial charge on any atom is -0.497 e. The molecule has 1 saturated carbocycles. The summed E-state index contributed by atoms with van der Waals surface area (Å²) in [5.41, 5.74) is 4.12. The zero-order valence-corrected chi connectivity index (χ0v) is 15.3. The zero-order chi connectivity index (χ0) is 18.1. The molecule has 1 fully saturated rings. The van der Waals surface area contributed by atoms with Crippen LogP contribution in [-0.2, 0) is 17.8 Å². The molecule has 1 aliphatic rings. The van der Waals surface area contributed by atoms with E-state index in [9.17, 15) is 8.76 Å². The third kappa shape index (κ3) is 3.49. The molecule has 0 bridgehead atoms. The molecule has 0 spiro atoms. The van der Waals surface area contributed by atoms with Crippen LogP contribution in [0.2, 0.25) is 0 Å². The van der Waals surface area contributed by atoms with Gasteiger partial charge in [-0.15, -0.1) is 0 Å². The van der Waals surface area contributed by atoms with Gasteiger partial charge in [0, 0.05) is 30.2 Å². The molecule has 3 aromatic rings. The van der Waals surface area contributed by atoms with Crippen LogP contribution in [0.4, 0.5) is 0 Å². The Kier molecular flexibility index (Phi) is 4.72. The van der Waals surface area contributed by atoms with Crippen molar-refractivity contribution in [2.75, 3.05) is 7.11 Å². The number of ether oxygens (including phenoxy) is 1. The van der Waals surface area contributed by atoms with Gasteiger partial charge in [0.2, 0.25) is 11.3 Å². The van der Waals surface area contributed by atoms with E-state index in [0.29, 0.717) is 6.54 Å². The molecule has 0 aliphatic heterocycles. The van der Waals surface area contributed by atoms with Crippen LogP contribution in [0.3, 0.4) is 0 Å². The van der Waals surface area contributed by atoms with E-state index in [0.717, 1.165) is 46.2 Å². The van der Waals surface area contributed by atoms with Gasteiger partial charge in [-0.25, -0.2) is 4.21 Å². The second-order valence-electron chi connectivity index (χ2n) is 6.48. The lowest BCUT2D eigenvalue weighted by Gasteiger charge is -2.17. The predicted octanol–water partition coefficient (Wildman–Crippen LogP) is 4.01. The summed E-state index contributed by atoms with van der Waals surface area (Å²) in [6.07, 6.45) is 3.79. The topological polar surface area (TPSA) is 62.7 Å². The van der Waals surface area contributed by atoms with Crippen LogP contribution in [-0.4, -0.2) is 31.2 Å². The molecule has 2 aromatic carbocycles. The average Bonchev–Trinajstić information content (AvgIpc) is 3.50. The molecule has 0 amide bonds. The third-order valence-corrected chi connectivity index (χ3v) is 5.54. The van der Waals surface area contributed by atoms with Crippen molar-refractivity contribution in [2.24, 2.45) is 0 Å². The van der Waals surface area contributed by atoms with Crippen LogP contribution in [0.25, 0.3) is 22.0 Å². The number of rotatable bonds is 6. The highest BCUT2D eigenvalue weighted by Gasteiger charge is 2.32. The molecular formula is C20H20N2O3S. The minimum atomic E-state index is -1.92. The largest absolute Gasteiger partial charge is 0.497 e. The highest BCUT2D eigenvalue weighted by molar-refractivity contribution is 7.76. The Labute approximate surface area is 155 Å². The van der Waals surface area contributed by atoms with Crippen molar-refractivity contribution in [1.82, 2.24) is 9.29 Å². The molecule has 1 heterocycles. The van der Waals surface area contributed by atoms with E-state index in [1.54, 1.807) is 17.6 Å². The highest BCUT2D eigenvalue weighted by Crippen LogP contribution is 2.31. The van der Waals surface area contributed by atoms with Gasteiger partial charge < -0.3 is 4.74 Å². The minimum absolute atomic E-state index is 0.236. The fraction of sp³-hybridized carbons (Fsp3) is 0.250. The van der Waals surface area contributed by atoms with E-state index in [4.69, 9.17) is 4.74 Å². The summed E-state index contributed by atoms with van der Waals surface area (Å²) in [5, 5.41) is 1.07. The van der Waals surface area contributed by atoms with Crippen LogP contribution in [0.15, 0.2) is 54.7 Å². The Morgan fingerprint density at radius 3 is 2.62 bits per heavy atom. The zero-order valence-electron chi connectivity index (χ0n) is 14.5. The number of aromatic nitrogens is 1. The first-order valence-electron chi connectivity index (χ1n) is 8.55. The summed E-state index contributed by atoms with van der Waals surface area (Å²) in [7, 11) is 1.65. The van der Waals surface area contributed by atoms with Crippen LogP contribution >= 0.6 is 0 Å². The van der Waals surface area contributed by atoms with E-state index in [1.165, 1.54) is 0 Å². The number of hydrogen-bond acceptors (Lipinski definition) is 3. The van der Waals surface area contributed by atoms with E-state index in [2.05, 4.69) is 17.1 Å². The normalized spacial score (nSPS) is 15.3. The fourth-order valence-corrected chi connectivity index (χ4v) is 3.88. The van der Waals surface area contributed by atoms with Crippen molar-refractivity contribution in [3.8, 4) is 16.9 Å². The first-order chi connectivity index (χ1) is 12.7. The van der Waals surface area contributed by atoms with E-state index < -0.39 is 11.3 Å². The summed E-state index contributed by atoms with van der Waals surface area (Å²) in [6, 6.07) is 16.3. The third-order valence-electron chi connectivity index (χ3n) is 4.71. The van der Waals surface area contributed by atoms with Crippen molar-refractivity contribution in [1.29, 1.82) is 0 Å². The Morgan fingerprint density at radius 2 is 1.96 bits per heavy atom. The van der Waals surface area contributed by atoms with Crippen LogP contribution in [0, 0.1) is 0 Å². The van der Waals surface area contributed by atoms with Crippen LogP contribution < -0.4 is 4.74 Å². The molecule has 0 saturated heterocycles. The number of benzene rings is 2. The van der Waals surface area contributed by atoms with Crippen LogP contribution in [0.5, 0.6) is 5.75 Å². The predicted molar refractivity (Wildman–Crippen MR) is 103 cm³/mol. The Balaban J connectivity index is 1.62. The van der Waals surface area contributed by atoms with Gasteiger partial charge in [-0.2, -0.15) is 4.31 Å². The molecule has 0 radical (unpaired) electrons. The molecular weight excluding hydrogens is 348 g/mol. The molecule has 134 valence electrons. The smallest absolute Gasteiger partial charge is 0.235 e. The molecule has 1 unspecified atom stereocenters. The van der Waals surface area contributed by atoms with Gasteiger partial charge in [-0.3, -0.25) is 9.54 Å². The Hall–Kier alpha value is -2.28. The molecule has 1 aromatic heterocycles. The number of hydrogen-bond donors (Lipinski definition) is 1. The first-order valence-corrected chi connectivity index (χ1v) is 9.62.